The van der Waals surface area contributed by atoms with E-state index in [1.165, 1.54) is 0 Å². The number of rotatable bonds is 1. The van der Waals surface area contributed by atoms with Crippen LogP contribution in [0.15, 0.2) is 41.2 Å². The van der Waals surface area contributed by atoms with Gasteiger partial charge in [0.15, 0.2) is 0 Å². The Morgan fingerprint density at radius 2 is 2.10 bits per heavy atom. The van der Waals surface area contributed by atoms with Gasteiger partial charge in [-0.2, -0.15) is 0 Å². The summed E-state index contributed by atoms with van der Waals surface area (Å²) in [6.45, 7) is 1.61. The summed E-state index contributed by atoms with van der Waals surface area (Å²) in [5.41, 5.74) is 7.11. The van der Waals surface area contributed by atoms with Crippen molar-refractivity contribution in [3.8, 4) is 11.3 Å². The topological polar surface area (TPSA) is 80.9 Å². The van der Waals surface area contributed by atoms with E-state index in [2.05, 4.69) is 11.1 Å². The molecule has 0 bridgehead atoms. The molecule has 2 aromatic heterocycles. The molecule has 1 radical (unpaired) electrons. The van der Waals surface area contributed by atoms with E-state index in [0.29, 0.717) is 17.0 Å². The number of nitrogens with one attached hydrogen (secondary N) is 1. The first kappa shape index (κ1) is 12.2. The van der Waals surface area contributed by atoms with E-state index in [9.17, 15) is 9.59 Å². The first-order chi connectivity index (χ1) is 9.58. The summed E-state index contributed by atoms with van der Waals surface area (Å²) in [7, 11) is 0. The lowest BCUT2D eigenvalue weighted by Crippen LogP contribution is -2.34. The minimum absolute atomic E-state index is 0.366. The molecule has 1 aromatic carbocycles. The quantitative estimate of drug-likeness (QED) is 0.706. The van der Waals surface area contributed by atoms with Crippen LogP contribution in [-0.2, 0) is 0 Å². The fourth-order valence-electron chi connectivity index (χ4n) is 2.25. The molecule has 1 amide bonds. The van der Waals surface area contributed by atoms with E-state index < -0.39 is 11.6 Å². The number of hydrogen-bond donors (Lipinski definition) is 2. The van der Waals surface area contributed by atoms with E-state index in [-0.39, 0.29) is 0 Å². The average molecular weight is 266 g/mol. The molecule has 0 aliphatic rings. The lowest BCUT2D eigenvalue weighted by atomic mass is 10.1. The summed E-state index contributed by atoms with van der Waals surface area (Å²) in [6.07, 6.45) is 0. The van der Waals surface area contributed by atoms with Crippen LogP contribution in [0, 0.1) is 13.0 Å². The third kappa shape index (κ3) is 1.80. The molecule has 5 nitrogen and oxygen atoms in total. The average Bonchev–Trinajstić information content (AvgIpc) is 2.81. The van der Waals surface area contributed by atoms with Crippen molar-refractivity contribution in [2.24, 2.45) is 5.73 Å². The molecule has 3 rings (SSSR count). The molecule has 20 heavy (non-hydrogen) atoms. The van der Waals surface area contributed by atoms with Gasteiger partial charge in [0.05, 0.1) is 11.3 Å². The van der Waals surface area contributed by atoms with Crippen molar-refractivity contribution in [3.05, 3.63) is 58.5 Å². The SMILES string of the molecule is Cc1[c]cc(-c2cc3ccccc3[nH]2)c(=O)n1C(N)=O. The number of para-hydroxylation sites is 1. The van der Waals surface area contributed by atoms with Crippen molar-refractivity contribution in [2.75, 3.05) is 0 Å². The van der Waals surface area contributed by atoms with Crippen molar-refractivity contribution in [1.29, 1.82) is 0 Å². The maximum atomic E-state index is 12.3. The molecule has 0 aliphatic carbocycles. The van der Waals surface area contributed by atoms with Gasteiger partial charge in [0.25, 0.3) is 5.56 Å². The number of carbonyl (C=O) groups is 1. The number of benzene rings is 1. The van der Waals surface area contributed by atoms with Gasteiger partial charge >= 0.3 is 6.03 Å². The van der Waals surface area contributed by atoms with Gasteiger partial charge in [-0.1, -0.05) is 18.2 Å². The molecule has 99 valence electrons. The highest BCUT2D eigenvalue weighted by molar-refractivity contribution is 5.86. The second-order valence-corrected chi connectivity index (χ2v) is 4.54. The number of hydrogen-bond acceptors (Lipinski definition) is 2. The highest BCUT2D eigenvalue weighted by atomic mass is 16.2. The van der Waals surface area contributed by atoms with Crippen LogP contribution in [0.5, 0.6) is 0 Å². The van der Waals surface area contributed by atoms with Gasteiger partial charge in [0.1, 0.15) is 0 Å². The number of aryl methyl sites for hydroxylation is 1. The summed E-state index contributed by atoms with van der Waals surface area (Å²) in [6, 6.07) is 13.2. The Labute approximate surface area is 114 Å². The lowest BCUT2D eigenvalue weighted by Gasteiger charge is -2.06. The molecular weight excluding hydrogens is 254 g/mol. The zero-order valence-electron chi connectivity index (χ0n) is 10.8. The van der Waals surface area contributed by atoms with Crippen LogP contribution < -0.4 is 11.3 Å². The summed E-state index contributed by atoms with van der Waals surface area (Å²) in [5.74, 6) is 0. The van der Waals surface area contributed by atoms with Crippen molar-refractivity contribution in [2.45, 2.75) is 6.92 Å². The molecule has 0 fully saturated rings. The van der Waals surface area contributed by atoms with Crippen LogP contribution in [0.25, 0.3) is 22.2 Å². The molecule has 0 saturated carbocycles. The van der Waals surface area contributed by atoms with E-state index >= 15 is 0 Å². The number of nitrogens with two attached hydrogens (primary N) is 1. The van der Waals surface area contributed by atoms with Gasteiger partial charge in [-0.15, -0.1) is 0 Å². The van der Waals surface area contributed by atoms with Crippen LogP contribution in [0.4, 0.5) is 4.79 Å². The minimum Gasteiger partial charge on any atom is -0.354 e. The van der Waals surface area contributed by atoms with E-state index in [1.54, 1.807) is 13.0 Å². The number of pyridine rings is 1. The van der Waals surface area contributed by atoms with Crippen molar-refractivity contribution in [3.63, 3.8) is 0 Å². The highest BCUT2D eigenvalue weighted by Crippen LogP contribution is 2.21. The molecule has 3 aromatic rings. The van der Waals surface area contributed by atoms with E-state index in [1.807, 2.05) is 30.3 Å². The second-order valence-electron chi connectivity index (χ2n) is 4.54. The van der Waals surface area contributed by atoms with Crippen molar-refractivity contribution in [1.82, 2.24) is 9.55 Å². The predicted octanol–water partition coefficient (Wildman–Crippen LogP) is 2.03. The third-order valence-corrected chi connectivity index (χ3v) is 3.23. The summed E-state index contributed by atoms with van der Waals surface area (Å²) in [4.78, 5) is 26.8. The Bertz CT molecular complexity index is 841. The number of fused-ring (bicyclic) bond motifs is 1. The molecule has 0 unspecified atom stereocenters. The smallest absolute Gasteiger partial charge is 0.326 e. The molecule has 0 aliphatic heterocycles. The molecule has 2 heterocycles. The van der Waals surface area contributed by atoms with Crippen LogP contribution in [0.1, 0.15) is 5.69 Å². The number of amides is 1. The fraction of sp³-hybridized carbons (Fsp3) is 0.0667. The monoisotopic (exact) mass is 266 g/mol. The van der Waals surface area contributed by atoms with Crippen LogP contribution in [-0.4, -0.2) is 15.6 Å². The Kier molecular flexibility index (Phi) is 2.68. The zero-order chi connectivity index (χ0) is 14.3. The van der Waals surface area contributed by atoms with Gasteiger partial charge < -0.3 is 10.7 Å². The number of nitrogens with zero attached hydrogens (tertiary/aromatic N) is 1. The molecule has 0 saturated heterocycles. The lowest BCUT2D eigenvalue weighted by molar-refractivity contribution is 0.249. The number of primary amides is 1. The minimum atomic E-state index is -0.804. The Hall–Kier alpha value is -2.82. The zero-order valence-corrected chi connectivity index (χ0v) is 10.8. The summed E-state index contributed by atoms with van der Waals surface area (Å²) < 4.78 is 0.918. The standard InChI is InChI=1S/C15H12N3O2/c1-9-6-7-11(14(19)18(9)15(16)20)13-8-10-4-2-3-5-12(10)17-13/h2-5,7-8,17H,1H3,(H2,16,20). The van der Waals surface area contributed by atoms with Crippen LogP contribution >= 0.6 is 0 Å². The first-order valence-corrected chi connectivity index (χ1v) is 6.10. The van der Waals surface area contributed by atoms with Crippen molar-refractivity contribution < 1.29 is 4.79 Å². The Balaban J connectivity index is 2.27. The van der Waals surface area contributed by atoms with Crippen molar-refractivity contribution >= 4 is 16.9 Å². The molecule has 5 heteroatoms. The van der Waals surface area contributed by atoms with Gasteiger partial charge in [-0.3, -0.25) is 4.79 Å². The predicted molar refractivity (Wildman–Crippen MR) is 76.5 cm³/mol. The first-order valence-electron chi connectivity index (χ1n) is 6.10. The van der Waals surface area contributed by atoms with E-state index in [4.69, 9.17) is 5.73 Å². The van der Waals surface area contributed by atoms with Crippen LogP contribution in [0.3, 0.4) is 0 Å². The van der Waals surface area contributed by atoms with E-state index in [0.717, 1.165) is 15.5 Å². The van der Waals surface area contributed by atoms with Crippen LogP contribution in [0.2, 0.25) is 0 Å². The normalized spacial score (nSPS) is 10.8. The number of carbonyl (C=O) groups excluding carboxylic acids is 1. The van der Waals surface area contributed by atoms with Gasteiger partial charge in [0, 0.05) is 22.7 Å². The number of aromatic amines is 1. The third-order valence-electron chi connectivity index (χ3n) is 3.23. The molecule has 3 N–H and O–H groups in total. The number of H-pyrrole nitrogens is 1. The fourth-order valence-corrected chi connectivity index (χ4v) is 2.25. The molecular formula is C15H12N3O2. The Morgan fingerprint density at radius 3 is 2.80 bits per heavy atom. The largest absolute Gasteiger partial charge is 0.354 e. The van der Waals surface area contributed by atoms with Gasteiger partial charge in [0.2, 0.25) is 0 Å². The van der Waals surface area contributed by atoms with Gasteiger partial charge in [-0.25, -0.2) is 9.36 Å². The number of aromatic nitrogens is 2. The maximum absolute atomic E-state index is 12.3. The maximum Gasteiger partial charge on any atom is 0.326 e. The Morgan fingerprint density at radius 1 is 1.35 bits per heavy atom. The van der Waals surface area contributed by atoms with Gasteiger partial charge in [-0.05, 0) is 25.1 Å². The molecule has 0 spiro atoms. The summed E-state index contributed by atoms with van der Waals surface area (Å²) >= 11 is 0. The molecule has 0 atom stereocenters. The highest BCUT2D eigenvalue weighted by Gasteiger charge is 2.13. The summed E-state index contributed by atoms with van der Waals surface area (Å²) in [5, 5.41) is 0.994. The second kappa shape index (κ2) is 4.38.